The molecular formula is C16H9NO6. The second kappa shape index (κ2) is 5.38. The van der Waals surface area contributed by atoms with Gasteiger partial charge in [0.05, 0.1) is 22.0 Å². The Balaban J connectivity index is 2.16. The topological polar surface area (TPSA) is 118 Å². The summed E-state index contributed by atoms with van der Waals surface area (Å²) >= 11 is 0. The number of aromatic nitrogens is 1. The molecule has 0 atom stereocenters. The summed E-state index contributed by atoms with van der Waals surface area (Å²) in [6.07, 6.45) is 0. The highest BCUT2D eigenvalue weighted by Gasteiger charge is 2.12. The molecule has 0 aliphatic heterocycles. The van der Waals surface area contributed by atoms with Crippen LogP contribution in [0.4, 0.5) is 0 Å². The van der Waals surface area contributed by atoms with Crippen molar-refractivity contribution in [2.45, 2.75) is 0 Å². The molecule has 3 aromatic rings. The van der Waals surface area contributed by atoms with Crippen LogP contribution in [-0.4, -0.2) is 27.1 Å². The Bertz CT molecular complexity index is 988. The van der Waals surface area contributed by atoms with Crippen LogP contribution in [0.1, 0.15) is 20.7 Å². The van der Waals surface area contributed by atoms with Crippen molar-refractivity contribution in [3.8, 4) is 11.5 Å². The van der Waals surface area contributed by atoms with Gasteiger partial charge in [-0.25, -0.2) is 19.4 Å². The van der Waals surface area contributed by atoms with Crippen molar-refractivity contribution in [1.82, 2.24) is 4.98 Å². The van der Waals surface area contributed by atoms with Crippen LogP contribution in [0.25, 0.3) is 22.4 Å². The molecule has 0 saturated heterocycles. The highest BCUT2D eigenvalue weighted by molar-refractivity contribution is 5.93. The van der Waals surface area contributed by atoms with Crippen LogP contribution in [0.15, 0.2) is 51.7 Å². The van der Waals surface area contributed by atoms with Crippen molar-refractivity contribution < 1.29 is 24.2 Å². The number of hydrogen-bond donors (Lipinski definition) is 2. The lowest BCUT2D eigenvalue weighted by Crippen LogP contribution is -2.05. The summed E-state index contributed by atoms with van der Waals surface area (Å²) in [5.41, 5.74) is 0.0465. The number of carbonyl (C=O) groups is 2. The van der Waals surface area contributed by atoms with Crippen molar-refractivity contribution in [3.63, 3.8) is 0 Å². The molecule has 7 nitrogen and oxygen atoms in total. The number of aromatic carboxylic acids is 2. The molecule has 0 aliphatic carbocycles. The molecule has 0 radical (unpaired) electrons. The number of benzene rings is 2. The van der Waals surface area contributed by atoms with E-state index >= 15 is 0 Å². The Kier molecular flexibility index (Phi) is 3.38. The Morgan fingerprint density at radius 1 is 0.913 bits per heavy atom. The van der Waals surface area contributed by atoms with Gasteiger partial charge in [-0.1, -0.05) is 0 Å². The summed E-state index contributed by atoms with van der Waals surface area (Å²) < 4.78 is 5.12. The number of carboxylic acids is 2. The van der Waals surface area contributed by atoms with Crippen molar-refractivity contribution in [2.24, 2.45) is 0 Å². The maximum atomic E-state index is 12.0. The van der Waals surface area contributed by atoms with E-state index in [0.29, 0.717) is 5.56 Å². The van der Waals surface area contributed by atoms with Crippen LogP contribution in [0.3, 0.4) is 0 Å². The number of fused-ring (bicyclic) bond motifs is 1. The summed E-state index contributed by atoms with van der Waals surface area (Å²) in [5.74, 6) is -2.22. The zero-order valence-electron chi connectivity index (χ0n) is 11.5. The molecule has 23 heavy (non-hydrogen) atoms. The van der Waals surface area contributed by atoms with E-state index in [0.717, 1.165) is 0 Å². The van der Waals surface area contributed by atoms with Gasteiger partial charge in [-0.15, -0.1) is 0 Å². The van der Waals surface area contributed by atoms with Gasteiger partial charge in [0.1, 0.15) is 0 Å². The van der Waals surface area contributed by atoms with E-state index in [-0.39, 0.29) is 27.9 Å². The number of carboxylic acid groups (broad SMARTS) is 2. The van der Waals surface area contributed by atoms with Gasteiger partial charge in [0.2, 0.25) is 5.89 Å². The third kappa shape index (κ3) is 2.67. The largest absolute Gasteiger partial charge is 0.478 e. The summed E-state index contributed by atoms with van der Waals surface area (Å²) in [7, 11) is 0. The first-order valence-corrected chi connectivity index (χ1v) is 6.47. The van der Waals surface area contributed by atoms with Gasteiger partial charge in [-0.2, -0.15) is 0 Å². The van der Waals surface area contributed by atoms with Gasteiger partial charge in [0.15, 0.2) is 0 Å². The fraction of sp³-hybridized carbons (Fsp3) is 0. The number of nitrogens with zero attached hydrogens (tertiary/aromatic N) is 1. The predicted molar refractivity (Wildman–Crippen MR) is 79.6 cm³/mol. The van der Waals surface area contributed by atoms with Crippen molar-refractivity contribution in [2.75, 3.05) is 0 Å². The summed E-state index contributed by atoms with van der Waals surface area (Å²) in [6.45, 7) is 0. The van der Waals surface area contributed by atoms with Crippen LogP contribution in [0.2, 0.25) is 0 Å². The van der Waals surface area contributed by atoms with Crippen molar-refractivity contribution in [1.29, 1.82) is 0 Å². The normalized spacial score (nSPS) is 10.6. The predicted octanol–water partition coefficient (Wildman–Crippen LogP) is 2.25. The van der Waals surface area contributed by atoms with Crippen LogP contribution >= 0.6 is 0 Å². The van der Waals surface area contributed by atoms with Gasteiger partial charge in [0, 0.05) is 5.56 Å². The smallest absolute Gasteiger partial charge is 0.347 e. The molecule has 0 amide bonds. The molecule has 2 N–H and O–H groups in total. The fourth-order valence-corrected chi connectivity index (χ4v) is 2.08. The SMILES string of the molecule is O=C(O)c1ccc(-c2nc3cc(C(=O)O)ccc3c(=O)o2)cc1. The Hall–Kier alpha value is -3.48. The quantitative estimate of drug-likeness (QED) is 0.761. The molecule has 3 rings (SSSR count). The maximum Gasteiger partial charge on any atom is 0.347 e. The van der Waals surface area contributed by atoms with E-state index in [1.54, 1.807) is 0 Å². The van der Waals surface area contributed by atoms with E-state index in [1.807, 2.05) is 0 Å². The van der Waals surface area contributed by atoms with Crippen LogP contribution in [0.5, 0.6) is 0 Å². The van der Waals surface area contributed by atoms with Gasteiger partial charge in [0.25, 0.3) is 0 Å². The van der Waals surface area contributed by atoms with Crippen molar-refractivity contribution >= 4 is 22.8 Å². The first-order valence-electron chi connectivity index (χ1n) is 6.47. The molecule has 0 spiro atoms. The zero-order chi connectivity index (χ0) is 16.6. The monoisotopic (exact) mass is 311 g/mol. The third-order valence-electron chi connectivity index (χ3n) is 3.25. The molecule has 1 heterocycles. The molecule has 2 aromatic carbocycles. The number of rotatable bonds is 3. The minimum atomic E-state index is -1.13. The summed E-state index contributed by atoms with van der Waals surface area (Å²) in [4.78, 5) is 38.0. The summed E-state index contributed by atoms with van der Waals surface area (Å²) in [6, 6.07) is 9.56. The Morgan fingerprint density at radius 3 is 2.13 bits per heavy atom. The van der Waals surface area contributed by atoms with Gasteiger partial charge in [-0.05, 0) is 42.5 Å². The molecule has 0 fully saturated rings. The van der Waals surface area contributed by atoms with E-state index in [2.05, 4.69) is 4.98 Å². The second-order valence-corrected chi connectivity index (χ2v) is 4.73. The minimum Gasteiger partial charge on any atom is -0.478 e. The lowest BCUT2D eigenvalue weighted by molar-refractivity contribution is 0.0686. The Labute approximate surface area is 128 Å². The first kappa shape index (κ1) is 14.5. The molecule has 0 aliphatic rings. The standard InChI is InChI=1S/C16H9NO6/c18-14(19)9-3-1-8(2-4-9)13-17-12-7-10(15(20)21)5-6-11(12)16(22)23-13/h1-7H,(H,18,19)(H,20,21). The van der Waals surface area contributed by atoms with Gasteiger partial charge < -0.3 is 14.6 Å². The minimum absolute atomic E-state index is 0.00257. The summed E-state index contributed by atoms with van der Waals surface area (Å²) in [5, 5.41) is 18.0. The second-order valence-electron chi connectivity index (χ2n) is 4.73. The van der Waals surface area contributed by atoms with Gasteiger partial charge in [-0.3, -0.25) is 0 Å². The van der Waals surface area contributed by atoms with E-state index in [4.69, 9.17) is 14.6 Å². The van der Waals surface area contributed by atoms with E-state index in [9.17, 15) is 14.4 Å². The van der Waals surface area contributed by atoms with Crippen molar-refractivity contribution in [3.05, 3.63) is 64.0 Å². The molecule has 0 saturated carbocycles. The first-order chi connectivity index (χ1) is 11.0. The molecule has 0 bridgehead atoms. The molecular weight excluding hydrogens is 302 g/mol. The molecule has 0 unspecified atom stereocenters. The molecule has 114 valence electrons. The highest BCUT2D eigenvalue weighted by Crippen LogP contribution is 2.20. The third-order valence-corrected chi connectivity index (χ3v) is 3.25. The van der Waals surface area contributed by atoms with Crippen LogP contribution in [0, 0.1) is 0 Å². The van der Waals surface area contributed by atoms with Crippen LogP contribution < -0.4 is 5.63 Å². The van der Waals surface area contributed by atoms with Gasteiger partial charge >= 0.3 is 17.6 Å². The average Bonchev–Trinajstić information content (AvgIpc) is 2.54. The van der Waals surface area contributed by atoms with E-state index < -0.39 is 17.6 Å². The fourth-order valence-electron chi connectivity index (χ4n) is 2.08. The van der Waals surface area contributed by atoms with Crippen LogP contribution in [-0.2, 0) is 0 Å². The number of hydrogen-bond acceptors (Lipinski definition) is 5. The highest BCUT2D eigenvalue weighted by atomic mass is 16.4. The zero-order valence-corrected chi connectivity index (χ0v) is 11.5. The molecule has 1 aromatic heterocycles. The van der Waals surface area contributed by atoms with E-state index in [1.165, 1.54) is 42.5 Å². The lowest BCUT2D eigenvalue weighted by atomic mass is 10.1. The average molecular weight is 311 g/mol. The Morgan fingerprint density at radius 2 is 1.52 bits per heavy atom. The molecule has 7 heteroatoms. The maximum absolute atomic E-state index is 12.0. The lowest BCUT2D eigenvalue weighted by Gasteiger charge is -2.03.